The van der Waals surface area contributed by atoms with E-state index in [4.69, 9.17) is 9.84 Å². The summed E-state index contributed by atoms with van der Waals surface area (Å²) in [6, 6.07) is -0.829. The van der Waals surface area contributed by atoms with Crippen LogP contribution in [0.1, 0.15) is 13.8 Å². The Hall–Kier alpha value is -1.30. The van der Waals surface area contributed by atoms with Gasteiger partial charge in [0.25, 0.3) is 0 Å². The van der Waals surface area contributed by atoms with Crippen molar-refractivity contribution in [2.75, 3.05) is 19.6 Å². The van der Waals surface area contributed by atoms with Crippen LogP contribution in [0.5, 0.6) is 0 Å². The van der Waals surface area contributed by atoms with Crippen molar-refractivity contribution in [3.8, 4) is 0 Å². The van der Waals surface area contributed by atoms with Gasteiger partial charge in [-0.2, -0.15) is 0 Å². The third-order valence-electron chi connectivity index (χ3n) is 2.10. The summed E-state index contributed by atoms with van der Waals surface area (Å²) < 4.78 is 4.97. The Balaban J connectivity index is 2.63. The number of carboxylic acid groups (broad SMARTS) is 1. The highest BCUT2D eigenvalue weighted by Gasteiger charge is 2.33. The second-order valence-electron chi connectivity index (χ2n) is 3.68. The number of ether oxygens (including phenoxy) is 1. The number of carbonyl (C=O) groups excluding carboxylic acids is 1. The van der Waals surface area contributed by atoms with Crippen LogP contribution in [0.4, 0.5) is 4.79 Å². The molecule has 0 aromatic carbocycles. The average molecular weight is 216 g/mol. The molecule has 1 aliphatic rings. The molecule has 1 unspecified atom stereocenters. The number of amides is 1. The van der Waals surface area contributed by atoms with Gasteiger partial charge in [0.15, 0.2) is 0 Å². The second-order valence-corrected chi connectivity index (χ2v) is 3.68. The summed E-state index contributed by atoms with van der Waals surface area (Å²) in [6.45, 7) is 4.69. The Morgan fingerprint density at radius 2 is 2.20 bits per heavy atom. The van der Waals surface area contributed by atoms with Gasteiger partial charge in [0, 0.05) is 19.6 Å². The van der Waals surface area contributed by atoms with Crippen molar-refractivity contribution in [3.05, 3.63) is 0 Å². The van der Waals surface area contributed by atoms with Gasteiger partial charge >= 0.3 is 12.1 Å². The van der Waals surface area contributed by atoms with E-state index < -0.39 is 18.1 Å². The number of aliphatic carboxylic acids is 1. The lowest BCUT2D eigenvalue weighted by Gasteiger charge is -2.33. The first-order valence-electron chi connectivity index (χ1n) is 4.93. The molecule has 1 amide bonds. The van der Waals surface area contributed by atoms with E-state index in [1.165, 1.54) is 4.90 Å². The van der Waals surface area contributed by atoms with Crippen LogP contribution >= 0.6 is 0 Å². The maximum Gasteiger partial charge on any atom is 0.410 e. The van der Waals surface area contributed by atoms with Crippen molar-refractivity contribution >= 4 is 12.1 Å². The van der Waals surface area contributed by atoms with E-state index in [2.05, 4.69) is 5.32 Å². The van der Waals surface area contributed by atoms with Crippen LogP contribution in [-0.2, 0) is 9.53 Å². The molecule has 86 valence electrons. The molecule has 1 rings (SSSR count). The molecule has 0 bridgehead atoms. The fourth-order valence-electron chi connectivity index (χ4n) is 1.41. The van der Waals surface area contributed by atoms with Gasteiger partial charge < -0.3 is 15.2 Å². The van der Waals surface area contributed by atoms with Gasteiger partial charge in [0.2, 0.25) is 0 Å². The molecule has 0 aliphatic carbocycles. The van der Waals surface area contributed by atoms with Crippen LogP contribution < -0.4 is 5.32 Å². The van der Waals surface area contributed by atoms with Gasteiger partial charge in [-0.3, -0.25) is 4.90 Å². The number of hydrogen-bond acceptors (Lipinski definition) is 4. The third-order valence-corrected chi connectivity index (χ3v) is 2.10. The summed E-state index contributed by atoms with van der Waals surface area (Å²) in [7, 11) is 0. The third kappa shape index (κ3) is 3.09. The van der Waals surface area contributed by atoms with Gasteiger partial charge in [0.1, 0.15) is 6.04 Å². The van der Waals surface area contributed by atoms with Gasteiger partial charge in [0.05, 0.1) is 6.10 Å². The minimum atomic E-state index is -1.01. The van der Waals surface area contributed by atoms with E-state index in [0.29, 0.717) is 13.1 Å². The molecule has 0 saturated carbocycles. The Bertz CT molecular complexity index is 254. The Labute approximate surface area is 88.2 Å². The lowest BCUT2D eigenvalue weighted by Crippen LogP contribution is -2.57. The first-order valence-corrected chi connectivity index (χ1v) is 4.93. The van der Waals surface area contributed by atoms with Gasteiger partial charge in [-0.1, -0.05) is 0 Å². The standard InChI is InChI=1S/C9H16N2O4/c1-6(2)15-9(14)11-4-3-10-5-7(11)8(12)13/h6-7,10H,3-5H2,1-2H3,(H,12,13). The van der Waals surface area contributed by atoms with Crippen LogP contribution in [0, 0.1) is 0 Å². The van der Waals surface area contributed by atoms with Gasteiger partial charge in [-0.25, -0.2) is 9.59 Å². The molecule has 0 radical (unpaired) electrons. The fraction of sp³-hybridized carbons (Fsp3) is 0.778. The fourth-order valence-corrected chi connectivity index (χ4v) is 1.41. The summed E-state index contributed by atoms with van der Waals surface area (Å²) in [5.74, 6) is -1.01. The second kappa shape index (κ2) is 4.97. The summed E-state index contributed by atoms with van der Waals surface area (Å²) >= 11 is 0. The molecular weight excluding hydrogens is 200 g/mol. The molecule has 1 saturated heterocycles. The number of hydrogen-bond donors (Lipinski definition) is 2. The summed E-state index contributed by atoms with van der Waals surface area (Å²) in [5, 5.41) is 11.8. The van der Waals surface area contributed by atoms with Crippen LogP contribution in [0.15, 0.2) is 0 Å². The molecule has 0 aromatic heterocycles. The Kier molecular flexibility index (Phi) is 3.90. The lowest BCUT2D eigenvalue weighted by atomic mass is 10.2. The van der Waals surface area contributed by atoms with Crippen molar-refractivity contribution < 1.29 is 19.4 Å². The van der Waals surface area contributed by atoms with E-state index in [9.17, 15) is 9.59 Å². The Morgan fingerprint density at radius 3 is 2.73 bits per heavy atom. The highest BCUT2D eigenvalue weighted by molar-refractivity contribution is 5.80. The Morgan fingerprint density at radius 1 is 1.53 bits per heavy atom. The zero-order valence-electron chi connectivity index (χ0n) is 8.90. The lowest BCUT2D eigenvalue weighted by molar-refractivity contribution is -0.143. The van der Waals surface area contributed by atoms with E-state index >= 15 is 0 Å². The first kappa shape index (κ1) is 11.8. The van der Waals surface area contributed by atoms with Crippen molar-refractivity contribution in [3.63, 3.8) is 0 Å². The van der Waals surface area contributed by atoms with E-state index in [1.54, 1.807) is 13.8 Å². The molecule has 6 nitrogen and oxygen atoms in total. The molecule has 0 spiro atoms. The monoisotopic (exact) mass is 216 g/mol. The molecule has 1 atom stereocenters. The topological polar surface area (TPSA) is 78.9 Å². The van der Waals surface area contributed by atoms with Gasteiger partial charge in [-0.05, 0) is 13.8 Å². The molecular formula is C9H16N2O4. The van der Waals surface area contributed by atoms with Crippen LogP contribution in [0.3, 0.4) is 0 Å². The molecule has 6 heteroatoms. The quantitative estimate of drug-likeness (QED) is 0.673. The van der Waals surface area contributed by atoms with E-state index in [0.717, 1.165) is 0 Å². The number of carboxylic acids is 1. The van der Waals surface area contributed by atoms with Crippen molar-refractivity contribution in [2.45, 2.75) is 26.0 Å². The average Bonchev–Trinajstić information content (AvgIpc) is 2.16. The molecule has 2 N–H and O–H groups in total. The van der Waals surface area contributed by atoms with E-state index in [1.807, 2.05) is 0 Å². The highest BCUT2D eigenvalue weighted by atomic mass is 16.6. The SMILES string of the molecule is CC(C)OC(=O)N1CCNCC1C(=O)O. The minimum Gasteiger partial charge on any atom is -0.480 e. The zero-order chi connectivity index (χ0) is 11.4. The van der Waals surface area contributed by atoms with Crippen molar-refractivity contribution in [1.82, 2.24) is 10.2 Å². The predicted octanol–water partition coefficient (Wildman–Crippen LogP) is -0.110. The van der Waals surface area contributed by atoms with Crippen molar-refractivity contribution in [1.29, 1.82) is 0 Å². The van der Waals surface area contributed by atoms with Crippen LogP contribution in [0.2, 0.25) is 0 Å². The highest BCUT2D eigenvalue weighted by Crippen LogP contribution is 2.07. The summed E-state index contributed by atoms with van der Waals surface area (Å²) in [4.78, 5) is 23.7. The normalized spacial score (nSPS) is 21.5. The minimum absolute atomic E-state index is 0.234. The largest absolute Gasteiger partial charge is 0.480 e. The maximum absolute atomic E-state index is 11.5. The smallest absolute Gasteiger partial charge is 0.410 e. The number of carbonyl (C=O) groups is 2. The van der Waals surface area contributed by atoms with Crippen LogP contribution in [0.25, 0.3) is 0 Å². The maximum atomic E-state index is 11.5. The van der Waals surface area contributed by atoms with Crippen LogP contribution in [-0.4, -0.2) is 53.8 Å². The molecule has 15 heavy (non-hydrogen) atoms. The summed E-state index contributed by atoms with van der Waals surface area (Å²) in [5.41, 5.74) is 0. The number of nitrogens with zero attached hydrogens (tertiary/aromatic N) is 1. The predicted molar refractivity (Wildman–Crippen MR) is 52.6 cm³/mol. The van der Waals surface area contributed by atoms with E-state index in [-0.39, 0.29) is 12.6 Å². The number of nitrogens with one attached hydrogen (secondary N) is 1. The molecule has 1 aliphatic heterocycles. The molecule has 1 heterocycles. The zero-order valence-corrected chi connectivity index (χ0v) is 8.90. The molecule has 1 fully saturated rings. The van der Waals surface area contributed by atoms with Crippen molar-refractivity contribution in [2.24, 2.45) is 0 Å². The van der Waals surface area contributed by atoms with Gasteiger partial charge in [-0.15, -0.1) is 0 Å². The number of rotatable bonds is 2. The number of piperazine rings is 1. The summed E-state index contributed by atoms with van der Waals surface area (Å²) in [6.07, 6.45) is -0.791. The first-order chi connectivity index (χ1) is 7.02. The molecule has 0 aromatic rings.